The van der Waals surface area contributed by atoms with E-state index in [-0.39, 0.29) is 0 Å². The molecule has 0 amide bonds. The predicted octanol–water partition coefficient (Wildman–Crippen LogP) is 0.741. The smallest absolute Gasteiger partial charge is 0.174 e. The van der Waals surface area contributed by atoms with Gasteiger partial charge in [0.1, 0.15) is 0 Å². The van der Waals surface area contributed by atoms with E-state index in [9.17, 15) is 0 Å². The quantitative estimate of drug-likeness (QED) is 0.390. The zero-order valence-corrected chi connectivity index (χ0v) is 6.36. The van der Waals surface area contributed by atoms with Crippen LogP contribution in [-0.2, 0) is 4.43 Å². The summed E-state index contributed by atoms with van der Waals surface area (Å²) in [5.41, 5.74) is 0. The summed E-state index contributed by atoms with van der Waals surface area (Å²) in [6.07, 6.45) is 3.81. The number of rotatable bonds is 4. The zero-order chi connectivity index (χ0) is 5.54. The van der Waals surface area contributed by atoms with Gasteiger partial charge in [-0.15, -0.1) is 0 Å². The topological polar surface area (TPSA) is 9.23 Å². The largest absolute Gasteiger partial charge is 0.425 e. The lowest BCUT2D eigenvalue weighted by Gasteiger charge is -1.93. The Labute approximate surface area is 48.6 Å². The van der Waals surface area contributed by atoms with Gasteiger partial charge in [-0.3, -0.25) is 0 Å². The zero-order valence-electron chi connectivity index (χ0n) is 4.94. The molecule has 1 nitrogen and oxygen atoms in total. The van der Waals surface area contributed by atoms with Crippen LogP contribution < -0.4 is 0 Å². The van der Waals surface area contributed by atoms with E-state index in [4.69, 9.17) is 4.43 Å². The Hall–Kier alpha value is 0.177. The summed E-state index contributed by atoms with van der Waals surface area (Å²) in [5, 5.41) is 0. The molecule has 0 spiro atoms. The normalized spacial score (nSPS) is 9.43. The highest BCUT2D eigenvalue weighted by Gasteiger charge is 1.79. The molecule has 0 saturated heterocycles. The lowest BCUT2D eigenvalue weighted by molar-refractivity contribution is 0.335. The third-order valence-electron chi connectivity index (χ3n) is 0.892. The van der Waals surface area contributed by atoms with Gasteiger partial charge < -0.3 is 4.43 Å². The Bertz CT molecular complexity index is 27.3. The van der Waals surface area contributed by atoms with Crippen molar-refractivity contribution in [1.29, 1.82) is 0 Å². The Balaban J connectivity index is 2.45. The number of unbranched alkanes of at least 4 members (excludes halogenated alkanes) is 2. The van der Waals surface area contributed by atoms with Gasteiger partial charge in [-0.25, -0.2) is 0 Å². The molecule has 0 rings (SSSR count). The maximum atomic E-state index is 4.87. The highest BCUT2D eigenvalue weighted by molar-refractivity contribution is 5.97. The molecule has 0 saturated carbocycles. The average molecular weight is 117 g/mol. The van der Waals surface area contributed by atoms with Gasteiger partial charge in [0.15, 0.2) is 10.5 Å². The van der Waals surface area contributed by atoms with E-state index in [1.807, 2.05) is 0 Å². The molecule has 0 heterocycles. The van der Waals surface area contributed by atoms with E-state index in [1.165, 1.54) is 19.3 Å². The van der Waals surface area contributed by atoms with Crippen LogP contribution in [0.4, 0.5) is 0 Å². The van der Waals surface area contributed by atoms with Crippen molar-refractivity contribution in [2.75, 3.05) is 6.61 Å². The Morgan fingerprint density at radius 3 is 2.57 bits per heavy atom. The molecule has 0 fully saturated rings. The summed E-state index contributed by atoms with van der Waals surface area (Å²) < 4.78 is 4.87. The molecule has 2 heteroatoms. The fourth-order valence-corrected chi connectivity index (χ4v) is 0.658. The van der Waals surface area contributed by atoms with Crippen LogP contribution in [0.3, 0.4) is 0 Å². The minimum absolute atomic E-state index is 0.937. The van der Waals surface area contributed by atoms with E-state index >= 15 is 0 Å². The van der Waals surface area contributed by atoms with Crippen molar-refractivity contribution in [1.82, 2.24) is 0 Å². The van der Waals surface area contributed by atoms with Gasteiger partial charge in [0.05, 0.1) is 0 Å². The summed E-state index contributed by atoms with van der Waals surface area (Å²) in [7, 11) is 1.58. The second-order valence-corrected chi connectivity index (χ2v) is 2.02. The van der Waals surface area contributed by atoms with E-state index in [0.717, 1.165) is 6.61 Å². The SMILES string of the molecule is CCCCCO[SiH2]. The maximum Gasteiger partial charge on any atom is 0.174 e. The number of hydrogen-bond acceptors (Lipinski definition) is 1. The summed E-state index contributed by atoms with van der Waals surface area (Å²) in [6, 6.07) is 0. The molecule has 0 unspecified atom stereocenters. The minimum Gasteiger partial charge on any atom is -0.425 e. The first-order valence-corrected chi connectivity index (χ1v) is 3.36. The number of hydrogen-bond donors (Lipinski definition) is 0. The summed E-state index contributed by atoms with van der Waals surface area (Å²) in [4.78, 5) is 0. The van der Waals surface area contributed by atoms with Crippen molar-refractivity contribution in [3.05, 3.63) is 0 Å². The maximum absolute atomic E-state index is 4.87. The van der Waals surface area contributed by atoms with Gasteiger partial charge in [0.2, 0.25) is 0 Å². The second kappa shape index (κ2) is 6.18. The fourth-order valence-electron chi connectivity index (χ4n) is 0.454. The van der Waals surface area contributed by atoms with E-state index in [1.54, 1.807) is 10.5 Å². The van der Waals surface area contributed by atoms with Crippen LogP contribution in [-0.4, -0.2) is 17.1 Å². The van der Waals surface area contributed by atoms with Crippen LogP contribution in [0.25, 0.3) is 0 Å². The highest BCUT2D eigenvalue weighted by atomic mass is 28.2. The van der Waals surface area contributed by atoms with Crippen molar-refractivity contribution >= 4 is 10.5 Å². The first kappa shape index (κ1) is 7.18. The van der Waals surface area contributed by atoms with Gasteiger partial charge in [-0.1, -0.05) is 19.8 Å². The van der Waals surface area contributed by atoms with Gasteiger partial charge >= 0.3 is 0 Å². The summed E-state index contributed by atoms with van der Waals surface area (Å²) in [6.45, 7) is 3.13. The molecule has 0 aliphatic rings. The van der Waals surface area contributed by atoms with Crippen LogP contribution in [0, 0.1) is 0 Å². The molecular weight excluding hydrogens is 104 g/mol. The molecule has 7 heavy (non-hydrogen) atoms. The third kappa shape index (κ3) is 6.18. The van der Waals surface area contributed by atoms with Crippen molar-refractivity contribution in [3.8, 4) is 0 Å². The molecule has 0 atom stereocenters. The Morgan fingerprint density at radius 1 is 1.43 bits per heavy atom. The molecule has 0 aromatic carbocycles. The molecule has 1 radical (unpaired) electrons. The van der Waals surface area contributed by atoms with E-state index < -0.39 is 0 Å². The van der Waals surface area contributed by atoms with Crippen LogP contribution >= 0.6 is 0 Å². The van der Waals surface area contributed by atoms with E-state index in [0.29, 0.717) is 0 Å². The van der Waals surface area contributed by atoms with Crippen LogP contribution in [0.5, 0.6) is 0 Å². The van der Waals surface area contributed by atoms with Gasteiger partial charge in [-0.05, 0) is 6.42 Å². The first-order chi connectivity index (χ1) is 3.41. The van der Waals surface area contributed by atoms with E-state index in [2.05, 4.69) is 6.92 Å². The van der Waals surface area contributed by atoms with Gasteiger partial charge in [0.25, 0.3) is 0 Å². The molecule has 0 aliphatic carbocycles. The minimum atomic E-state index is 0.937. The molecule has 0 bridgehead atoms. The van der Waals surface area contributed by atoms with Crippen LogP contribution in [0.2, 0.25) is 0 Å². The summed E-state index contributed by atoms with van der Waals surface area (Å²) >= 11 is 0. The molecular formula is C5H13OSi. The molecule has 43 valence electrons. The molecule has 0 N–H and O–H groups in total. The Kier molecular flexibility index (Phi) is 6.33. The van der Waals surface area contributed by atoms with Gasteiger partial charge in [0, 0.05) is 6.61 Å². The average Bonchev–Trinajstić information content (AvgIpc) is 1.69. The van der Waals surface area contributed by atoms with Crippen molar-refractivity contribution < 1.29 is 4.43 Å². The predicted molar refractivity (Wildman–Crippen MR) is 34.0 cm³/mol. The lowest BCUT2D eigenvalue weighted by atomic mass is 10.3. The highest BCUT2D eigenvalue weighted by Crippen LogP contribution is 1.91. The van der Waals surface area contributed by atoms with Crippen molar-refractivity contribution in [3.63, 3.8) is 0 Å². The monoisotopic (exact) mass is 117 g/mol. The molecule has 0 aromatic heterocycles. The third-order valence-corrected chi connectivity index (χ3v) is 1.18. The van der Waals surface area contributed by atoms with Crippen LogP contribution in [0.1, 0.15) is 26.2 Å². The Morgan fingerprint density at radius 2 is 2.14 bits per heavy atom. The molecule has 0 aliphatic heterocycles. The van der Waals surface area contributed by atoms with Crippen LogP contribution in [0.15, 0.2) is 0 Å². The molecule has 0 aromatic rings. The summed E-state index contributed by atoms with van der Waals surface area (Å²) in [5.74, 6) is 0. The fraction of sp³-hybridized carbons (Fsp3) is 1.00. The van der Waals surface area contributed by atoms with Gasteiger partial charge in [-0.2, -0.15) is 0 Å². The van der Waals surface area contributed by atoms with Crippen molar-refractivity contribution in [2.45, 2.75) is 26.2 Å². The lowest BCUT2D eigenvalue weighted by Crippen LogP contribution is -1.87. The second-order valence-electron chi connectivity index (χ2n) is 1.62. The first-order valence-electron chi connectivity index (χ1n) is 2.78. The standard InChI is InChI=1S/C5H13OSi/c1-2-3-4-5-6-7/h2-5,7H2,1H3. The van der Waals surface area contributed by atoms with Crippen molar-refractivity contribution in [2.24, 2.45) is 0 Å².